The van der Waals surface area contributed by atoms with Gasteiger partial charge in [0.05, 0.1) is 0 Å². The van der Waals surface area contributed by atoms with Gasteiger partial charge in [-0.25, -0.2) is 13.6 Å². The number of primary sulfonamides is 1. The molecule has 11 heavy (non-hydrogen) atoms. The Labute approximate surface area is 77.4 Å². The second-order valence-electron chi connectivity index (χ2n) is 2.04. The molecule has 0 bridgehead atoms. The molecule has 0 aromatic carbocycles. The Hall–Kier alpha value is 0.0900. The van der Waals surface area contributed by atoms with Crippen molar-refractivity contribution < 1.29 is 8.42 Å². The van der Waals surface area contributed by atoms with Crippen molar-refractivity contribution >= 4 is 37.3 Å². The van der Waals surface area contributed by atoms with Crippen LogP contribution < -0.4 is 5.14 Å². The van der Waals surface area contributed by atoms with Gasteiger partial charge in [0.15, 0.2) is 0 Å². The Balaban J connectivity index is 3.36. The van der Waals surface area contributed by atoms with Crippen molar-refractivity contribution in [1.82, 2.24) is 0 Å². The fourth-order valence-corrected chi connectivity index (χ4v) is 3.89. The fraction of sp³-hybridized carbons (Fsp3) is 0.200. The molecule has 0 aliphatic rings. The Morgan fingerprint density at radius 3 is 2.36 bits per heavy atom. The summed E-state index contributed by atoms with van der Waals surface area (Å²) in [6, 6.07) is 1.73. The van der Waals surface area contributed by atoms with Gasteiger partial charge in [0.1, 0.15) is 4.21 Å². The SMILES string of the molecule is Cc1cc(Br)c(S(N)(=O)=O)s1. The minimum atomic E-state index is -3.54. The van der Waals surface area contributed by atoms with Crippen molar-refractivity contribution in [2.75, 3.05) is 0 Å². The summed E-state index contributed by atoms with van der Waals surface area (Å²) in [6.07, 6.45) is 0. The fourth-order valence-electron chi connectivity index (χ4n) is 0.656. The van der Waals surface area contributed by atoms with E-state index in [1.165, 1.54) is 0 Å². The number of hydrogen-bond donors (Lipinski definition) is 1. The zero-order valence-corrected chi connectivity index (χ0v) is 8.88. The summed E-state index contributed by atoms with van der Waals surface area (Å²) in [5.74, 6) is 0. The molecular weight excluding hydrogens is 250 g/mol. The van der Waals surface area contributed by atoms with Crippen LogP contribution in [0.2, 0.25) is 0 Å². The molecule has 62 valence electrons. The molecule has 0 radical (unpaired) electrons. The van der Waals surface area contributed by atoms with Crippen molar-refractivity contribution in [2.24, 2.45) is 5.14 Å². The molecule has 0 atom stereocenters. The van der Waals surface area contributed by atoms with E-state index in [0.29, 0.717) is 4.47 Å². The van der Waals surface area contributed by atoms with Crippen LogP contribution in [0.1, 0.15) is 4.88 Å². The highest BCUT2D eigenvalue weighted by Gasteiger charge is 2.14. The monoisotopic (exact) mass is 255 g/mol. The average Bonchev–Trinajstić information content (AvgIpc) is 2.08. The van der Waals surface area contributed by atoms with Crippen molar-refractivity contribution in [3.63, 3.8) is 0 Å². The number of halogens is 1. The highest BCUT2D eigenvalue weighted by atomic mass is 79.9. The van der Waals surface area contributed by atoms with Crippen LogP contribution in [0.15, 0.2) is 14.7 Å². The van der Waals surface area contributed by atoms with Crippen LogP contribution in [0.4, 0.5) is 0 Å². The largest absolute Gasteiger partial charge is 0.248 e. The first-order valence-electron chi connectivity index (χ1n) is 2.70. The molecule has 0 saturated heterocycles. The van der Waals surface area contributed by atoms with Crippen LogP contribution in [0, 0.1) is 6.92 Å². The predicted molar refractivity (Wildman–Crippen MR) is 48.1 cm³/mol. The third kappa shape index (κ3) is 2.02. The van der Waals surface area contributed by atoms with Crippen LogP contribution in [0.3, 0.4) is 0 Å². The summed E-state index contributed by atoms with van der Waals surface area (Å²) in [6.45, 7) is 1.82. The van der Waals surface area contributed by atoms with Gasteiger partial charge in [0.25, 0.3) is 0 Å². The molecule has 6 heteroatoms. The standard InChI is InChI=1S/C5H6BrNO2S2/c1-3-2-4(6)5(10-3)11(7,8)9/h2H,1H3,(H2,7,8,9). The molecule has 3 nitrogen and oxygen atoms in total. The lowest BCUT2D eigenvalue weighted by Crippen LogP contribution is -2.10. The van der Waals surface area contributed by atoms with E-state index in [1.54, 1.807) is 6.07 Å². The number of thiophene rings is 1. The molecule has 1 rings (SSSR count). The molecule has 0 amide bonds. The molecule has 0 aliphatic heterocycles. The van der Waals surface area contributed by atoms with Gasteiger partial charge in [-0.3, -0.25) is 0 Å². The first-order chi connectivity index (χ1) is 4.91. The van der Waals surface area contributed by atoms with Gasteiger partial charge in [-0.15, -0.1) is 11.3 Å². The molecule has 1 heterocycles. The summed E-state index contributed by atoms with van der Waals surface area (Å²) < 4.78 is 22.4. The number of nitrogens with two attached hydrogens (primary N) is 1. The van der Waals surface area contributed by atoms with Crippen LogP contribution in [-0.4, -0.2) is 8.42 Å². The van der Waals surface area contributed by atoms with E-state index in [9.17, 15) is 8.42 Å². The molecule has 0 saturated carbocycles. The van der Waals surface area contributed by atoms with Crippen molar-refractivity contribution in [1.29, 1.82) is 0 Å². The van der Waals surface area contributed by atoms with Crippen molar-refractivity contribution in [2.45, 2.75) is 11.1 Å². The highest BCUT2D eigenvalue weighted by Crippen LogP contribution is 2.29. The zero-order chi connectivity index (χ0) is 8.65. The maximum absolute atomic E-state index is 10.8. The highest BCUT2D eigenvalue weighted by molar-refractivity contribution is 9.10. The molecule has 2 N–H and O–H groups in total. The molecule has 1 aromatic heterocycles. The van der Waals surface area contributed by atoms with Crippen LogP contribution in [-0.2, 0) is 10.0 Å². The van der Waals surface area contributed by atoms with E-state index in [-0.39, 0.29) is 4.21 Å². The summed E-state index contributed by atoms with van der Waals surface area (Å²) in [7, 11) is -3.54. The van der Waals surface area contributed by atoms with Crippen LogP contribution in [0.25, 0.3) is 0 Å². The van der Waals surface area contributed by atoms with E-state index >= 15 is 0 Å². The quantitative estimate of drug-likeness (QED) is 0.827. The lowest BCUT2D eigenvalue weighted by Gasteiger charge is -1.90. The normalized spacial score (nSPS) is 11.9. The maximum atomic E-state index is 10.8. The first-order valence-corrected chi connectivity index (χ1v) is 5.85. The van der Waals surface area contributed by atoms with Gasteiger partial charge >= 0.3 is 0 Å². The first kappa shape index (κ1) is 9.18. The van der Waals surface area contributed by atoms with Crippen molar-refractivity contribution in [3.05, 3.63) is 15.4 Å². The topological polar surface area (TPSA) is 60.2 Å². The van der Waals surface area contributed by atoms with Gasteiger partial charge < -0.3 is 0 Å². The van der Waals surface area contributed by atoms with Gasteiger partial charge in [-0.05, 0) is 28.9 Å². The number of sulfonamides is 1. The minimum Gasteiger partial charge on any atom is -0.224 e. The zero-order valence-electron chi connectivity index (χ0n) is 5.67. The van der Waals surface area contributed by atoms with Gasteiger partial charge in [0.2, 0.25) is 10.0 Å². The third-order valence-electron chi connectivity index (χ3n) is 1.04. The number of rotatable bonds is 1. The summed E-state index contributed by atoms with van der Waals surface area (Å²) in [4.78, 5) is 0.918. The Morgan fingerprint density at radius 2 is 2.18 bits per heavy atom. The third-order valence-corrected chi connectivity index (χ3v) is 4.72. The van der Waals surface area contributed by atoms with Crippen molar-refractivity contribution in [3.8, 4) is 0 Å². The molecule has 1 aromatic rings. The maximum Gasteiger partial charge on any atom is 0.248 e. The Kier molecular flexibility index (Phi) is 2.38. The lowest BCUT2D eigenvalue weighted by molar-refractivity contribution is 0.599. The van der Waals surface area contributed by atoms with E-state index in [0.717, 1.165) is 16.2 Å². The minimum absolute atomic E-state index is 0.190. The lowest BCUT2D eigenvalue weighted by atomic mass is 10.5. The second-order valence-corrected chi connectivity index (χ2v) is 5.90. The Morgan fingerprint density at radius 1 is 1.64 bits per heavy atom. The average molecular weight is 256 g/mol. The molecule has 0 spiro atoms. The predicted octanol–water partition coefficient (Wildman–Crippen LogP) is 1.47. The Bertz CT molecular complexity index is 368. The van der Waals surface area contributed by atoms with Crippen LogP contribution in [0.5, 0.6) is 0 Å². The van der Waals surface area contributed by atoms with Gasteiger partial charge in [-0.2, -0.15) is 0 Å². The van der Waals surface area contributed by atoms with E-state index in [2.05, 4.69) is 15.9 Å². The summed E-state index contributed by atoms with van der Waals surface area (Å²) >= 11 is 4.27. The number of hydrogen-bond acceptors (Lipinski definition) is 3. The molecule has 0 aliphatic carbocycles. The molecule has 0 unspecified atom stereocenters. The van der Waals surface area contributed by atoms with E-state index < -0.39 is 10.0 Å². The molecular formula is C5H6BrNO2S2. The van der Waals surface area contributed by atoms with E-state index in [4.69, 9.17) is 5.14 Å². The molecule has 0 fully saturated rings. The second kappa shape index (κ2) is 2.85. The van der Waals surface area contributed by atoms with E-state index in [1.807, 2.05) is 6.92 Å². The van der Waals surface area contributed by atoms with Gasteiger partial charge in [-0.1, -0.05) is 0 Å². The smallest absolute Gasteiger partial charge is 0.224 e. The number of aryl methyl sites for hydroxylation is 1. The van der Waals surface area contributed by atoms with Gasteiger partial charge in [0, 0.05) is 9.35 Å². The van der Waals surface area contributed by atoms with Crippen LogP contribution >= 0.6 is 27.3 Å². The summed E-state index contributed by atoms with van der Waals surface area (Å²) in [5.41, 5.74) is 0. The summed E-state index contributed by atoms with van der Waals surface area (Å²) in [5, 5.41) is 4.92.